The van der Waals surface area contributed by atoms with E-state index in [2.05, 4.69) is 10.00 Å². The lowest BCUT2D eigenvalue weighted by Crippen LogP contribution is -2.49. The predicted molar refractivity (Wildman–Crippen MR) is 101 cm³/mol. The first-order valence-electron chi connectivity index (χ1n) is 9.02. The third-order valence-electron chi connectivity index (χ3n) is 5.00. The lowest BCUT2D eigenvalue weighted by atomic mass is 10.2. The number of H-pyrrole nitrogens is 1. The molecular weight excluding hydrogens is 347 g/mol. The molecule has 1 amide bonds. The summed E-state index contributed by atoms with van der Waals surface area (Å²) in [5.41, 5.74) is 1.62. The van der Waals surface area contributed by atoms with Crippen LogP contribution in [0.4, 0.5) is 4.39 Å². The molecule has 0 bridgehead atoms. The average molecular weight is 368 g/mol. The van der Waals surface area contributed by atoms with Gasteiger partial charge < -0.3 is 4.90 Å². The Morgan fingerprint density at radius 3 is 2.41 bits per heavy atom. The van der Waals surface area contributed by atoms with Crippen LogP contribution in [0.15, 0.2) is 53.3 Å². The summed E-state index contributed by atoms with van der Waals surface area (Å²) in [4.78, 5) is 29.0. The van der Waals surface area contributed by atoms with Crippen molar-refractivity contribution >= 4 is 16.8 Å². The maximum absolute atomic E-state index is 13.0. The van der Waals surface area contributed by atoms with E-state index in [1.807, 2.05) is 18.2 Å². The molecule has 27 heavy (non-hydrogen) atoms. The highest BCUT2D eigenvalue weighted by Crippen LogP contribution is 2.11. The summed E-state index contributed by atoms with van der Waals surface area (Å²) in [6, 6.07) is 13.7. The molecule has 2 aromatic carbocycles. The summed E-state index contributed by atoms with van der Waals surface area (Å²) in [6.07, 6.45) is 0. The third kappa shape index (κ3) is 3.78. The van der Waals surface area contributed by atoms with Crippen LogP contribution in [0.2, 0.25) is 0 Å². The molecule has 0 radical (unpaired) electrons. The van der Waals surface area contributed by atoms with Crippen molar-refractivity contribution in [3.05, 3.63) is 70.3 Å². The molecule has 0 aliphatic carbocycles. The number of aromatic nitrogens is 2. The van der Waals surface area contributed by atoms with Crippen LogP contribution in [-0.2, 0) is 17.9 Å². The van der Waals surface area contributed by atoms with Crippen molar-refractivity contribution in [1.82, 2.24) is 19.6 Å². The van der Waals surface area contributed by atoms with E-state index in [0.717, 1.165) is 30.7 Å². The molecule has 6 nitrogen and oxygen atoms in total. The highest BCUT2D eigenvalue weighted by atomic mass is 19.1. The van der Waals surface area contributed by atoms with E-state index >= 15 is 0 Å². The minimum Gasteiger partial charge on any atom is -0.339 e. The van der Waals surface area contributed by atoms with Crippen molar-refractivity contribution in [2.24, 2.45) is 0 Å². The highest BCUT2D eigenvalue weighted by molar-refractivity contribution is 5.79. The number of carbonyl (C=O) groups is 1. The average Bonchev–Trinajstić information content (AvgIpc) is 3.00. The van der Waals surface area contributed by atoms with E-state index < -0.39 is 0 Å². The maximum Gasteiger partial charge on any atom is 0.274 e. The van der Waals surface area contributed by atoms with Gasteiger partial charge in [-0.05, 0) is 29.8 Å². The Hall–Kier alpha value is -2.93. The number of para-hydroxylation sites is 1. The van der Waals surface area contributed by atoms with Gasteiger partial charge in [0.2, 0.25) is 5.91 Å². The van der Waals surface area contributed by atoms with E-state index in [-0.39, 0.29) is 23.8 Å². The Morgan fingerprint density at radius 1 is 1.00 bits per heavy atom. The van der Waals surface area contributed by atoms with Gasteiger partial charge in [0.15, 0.2) is 0 Å². The Morgan fingerprint density at radius 2 is 1.70 bits per heavy atom. The molecule has 3 aromatic rings. The topological polar surface area (TPSA) is 61.3 Å². The molecule has 1 aliphatic heterocycles. The minimum atomic E-state index is -0.235. The number of aromatic amines is 1. The van der Waals surface area contributed by atoms with Crippen molar-refractivity contribution in [3.63, 3.8) is 0 Å². The van der Waals surface area contributed by atoms with Gasteiger partial charge in [0.1, 0.15) is 12.4 Å². The normalized spacial score (nSPS) is 15.4. The number of rotatable bonds is 4. The highest BCUT2D eigenvalue weighted by Gasteiger charge is 2.22. The first-order chi connectivity index (χ1) is 13.1. The first kappa shape index (κ1) is 17.5. The largest absolute Gasteiger partial charge is 0.339 e. The van der Waals surface area contributed by atoms with Gasteiger partial charge in [0.05, 0.1) is 10.9 Å². The Labute approximate surface area is 155 Å². The van der Waals surface area contributed by atoms with Crippen molar-refractivity contribution in [1.29, 1.82) is 0 Å². The van der Waals surface area contributed by atoms with Crippen molar-refractivity contribution in [3.8, 4) is 0 Å². The second-order valence-electron chi connectivity index (χ2n) is 6.83. The number of halogens is 1. The molecule has 0 spiro atoms. The molecular formula is C20H21FN4O2. The Bertz CT molecular complexity index is 1000. The molecule has 0 atom stereocenters. The molecule has 0 saturated carbocycles. The van der Waals surface area contributed by atoms with Gasteiger partial charge in [-0.25, -0.2) is 9.07 Å². The zero-order chi connectivity index (χ0) is 18.8. The fourth-order valence-electron chi connectivity index (χ4n) is 3.46. The van der Waals surface area contributed by atoms with Gasteiger partial charge in [0.25, 0.3) is 5.56 Å². The summed E-state index contributed by atoms with van der Waals surface area (Å²) in [7, 11) is 0. The number of fused-ring (bicyclic) bond motifs is 1. The van der Waals surface area contributed by atoms with Gasteiger partial charge in [-0.3, -0.25) is 19.6 Å². The maximum atomic E-state index is 13.0. The van der Waals surface area contributed by atoms with Crippen LogP contribution in [0.25, 0.3) is 10.9 Å². The number of nitrogens with zero attached hydrogens (tertiary/aromatic N) is 3. The summed E-state index contributed by atoms with van der Waals surface area (Å²) in [5.74, 6) is -0.300. The molecule has 0 unspecified atom stereocenters. The molecule has 1 aliphatic rings. The first-order valence-corrected chi connectivity index (χ1v) is 9.02. The van der Waals surface area contributed by atoms with Crippen molar-refractivity contribution in [2.75, 3.05) is 26.2 Å². The summed E-state index contributed by atoms with van der Waals surface area (Å²) in [5, 5.41) is 3.59. The van der Waals surface area contributed by atoms with Gasteiger partial charge in [0, 0.05) is 32.7 Å². The van der Waals surface area contributed by atoms with Crippen molar-refractivity contribution < 1.29 is 9.18 Å². The molecule has 1 fully saturated rings. The number of hydrogen-bond donors (Lipinski definition) is 1. The van der Waals surface area contributed by atoms with E-state index in [1.165, 1.54) is 16.8 Å². The number of nitrogens with one attached hydrogen (secondary N) is 1. The molecule has 2 heterocycles. The van der Waals surface area contributed by atoms with Crippen LogP contribution in [0.3, 0.4) is 0 Å². The molecule has 1 N–H and O–H groups in total. The number of amides is 1. The number of carbonyl (C=O) groups excluding carboxylic acids is 1. The summed E-state index contributed by atoms with van der Waals surface area (Å²) < 4.78 is 14.4. The second-order valence-corrected chi connectivity index (χ2v) is 6.83. The summed E-state index contributed by atoms with van der Waals surface area (Å²) in [6.45, 7) is 3.51. The summed E-state index contributed by atoms with van der Waals surface area (Å²) >= 11 is 0. The van der Waals surface area contributed by atoms with Gasteiger partial charge in [-0.15, -0.1) is 0 Å². The molecule has 140 valence electrons. The lowest BCUT2D eigenvalue weighted by molar-refractivity contribution is -0.133. The fraction of sp³-hybridized carbons (Fsp3) is 0.300. The van der Waals surface area contributed by atoms with Gasteiger partial charge in [-0.2, -0.15) is 0 Å². The number of benzene rings is 2. The second kappa shape index (κ2) is 7.36. The fourth-order valence-corrected chi connectivity index (χ4v) is 3.46. The van der Waals surface area contributed by atoms with Crippen molar-refractivity contribution in [2.45, 2.75) is 13.1 Å². The standard InChI is InChI=1S/C20H21FN4O2/c21-16-7-5-15(6-8-16)13-23-9-11-24(12-10-23)19(26)14-25-20(27)17-3-1-2-4-18(17)22-25/h1-8,22H,9-14H2. The molecule has 1 saturated heterocycles. The number of hydrogen-bond acceptors (Lipinski definition) is 3. The zero-order valence-corrected chi connectivity index (χ0v) is 14.9. The minimum absolute atomic E-state index is 0.0193. The monoisotopic (exact) mass is 368 g/mol. The van der Waals surface area contributed by atoms with E-state index in [9.17, 15) is 14.0 Å². The van der Waals surface area contributed by atoms with Crippen LogP contribution in [0.5, 0.6) is 0 Å². The SMILES string of the molecule is O=C(Cn1[nH]c2ccccc2c1=O)N1CCN(Cc2ccc(F)cc2)CC1. The quantitative estimate of drug-likeness (QED) is 0.764. The van der Waals surface area contributed by atoms with E-state index in [0.29, 0.717) is 18.5 Å². The van der Waals surface area contributed by atoms with Gasteiger partial charge in [-0.1, -0.05) is 24.3 Å². The van der Waals surface area contributed by atoms with E-state index in [1.54, 1.807) is 23.1 Å². The molecule has 7 heteroatoms. The molecule has 4 rings (SSSR count). The zero-order valence-electron chi connectivity index (χ0n) is 14.9. The third-order valence-corrected chi connectivity index (χ3v) is 5.00. The number of piperazine rings is 1. The van der Waals surface area contributed by atoms with Crippen LogP contribution in [0.1, 0.15) is 5.56 Å². The van der Waals surface area contributed by atoms with E-state index in [4.69, 9.17) is 0 Å². The van der Waals surface area contributed by atoms with Crippen LogP contribution < -0.4 is 5.56 Å². The smallest absolute Gasteiger partial charge is 0.274 e. The van der Waals surface area contributed by atoms with Crippen LogP contribution >= 0.6 is 0 Å². The van der Waals surface area contributed by atoms with Crippen LogP contribution in [-0.4, -0.2) is 51.7 Å². The predicted octanol–water partition coefficient (Wildman–Crippen LogP) is 1.81. The Balaban J connectivity index is 1.35. The lowest BCUT2D eigenvalue weighted by Gasteiger charge is -2.34. The van der Waals surface area contributed by atoms with Gasteiger partial charge >= 0.3 is 0 Å². The van der Waals surface area contributed by atoms with Crippen LogP contribution in [0, 0.1) is 5.82 Å². The Kier molecular flexibility index (Phi) is 4.77. The molecule has 1 aromatic heterocycles.